The van der Waals surface area contributed by atoms with Gasteiger partial charge in [0.2, 0.25) is 5.91 Å². The summed E-state index contributed by atoms with van der Waals surface area (Å²) < 4.78 is 0. The highest BCUT2D eigenvalue weighted by Crippen LogP contribution is 2.32. The highest BCUT2D eigenvalue weighted by molar-refractivity contribution is 5.79. The van der Waals surface area contributed by atoms with Crippen LogP contribution in [0.2, 0.25) is 0 Å². The van der Waals surface area contributed by atoms with Gasteiger partial charge in [0.25, 0.3) is 0 Å². The fourth-order valence-corrected chi connectivity index (χ4v) is 3.98. The first-order valence-corrected chi connectivity index (χ1v) is 8.84. The molecule has 3 atom stereocenters. The lowest BCUT2D eigenvalue weighted by atomic mass is 9.90. The maximum atomic E-state index is 13.1. The smallest absolute Gasteiger partial charge is 0.226 e. The van der Waals surface area contributed by atoms with Crippen LogP contribution in [0.3, 0.4) is 0 Å². The van der Waals surface area contributed by atoms with E-state index in [1.165, 1.54) is 18.4 Å². The second-order valence-electron chi connectivity index (χ2n) is 6.88. The zero-order chi connectivity index (χ0) is 15.4. The number of benzene rings is 1. The Labute approximate surface area is 134 Å². The molecule has 0 aliphatic carbocycles. The van der Waals surface area contributed by atoms with Crippen LogP contribution in [0.5, 0.6) is 0 Å². The third kappa shape index (κ3) is 3.52. The Bertz CT molecular complexity index is 487. The zero-order valence-electron chi connectivity index (χ0n) is 13.6. The summed E-state index contributed by atoms with van der Waals surface area (Å²) in [7, 11) is 0. The molecule has 1 aromatic rings. The Kier molecular flexibility index (Phi) is 5.14. The Balaban J connectivity index is 1.79. The van der Waals surface area contributed by atoms with Gasteiger partial charge in [0.1, 0.15) is 0 Å². The quantitative estimate of drug-likeness (QED) is 0.906. The van der Waals surface area contributed by atoms with Crippen molar-refractivity contribution < 1.29 is 4.79 Å². The number of carbonyl (C=O) groups is 1. The molecule has 0 spiro atoms. The molecule has 3 rings (SSSR count). The van der Waals surface area contributed by atoms with Gasteiger partial charge in [-0.2, -0.15) is 0 Å². The number of nitrogens with zero attached hydrogens (tertiary/aromatic N) is 1. The second kappa shape index (κ2) is 7.28. The van der Waals surface area contributed by atoms with Gasteiger partial charge in [-0.25, -0.2) is 0 Å². The van der Waals surface area contributed by atoms with E-state index in [-0.39, 0.29) is 12.0 Å². The maximum absolute atomic E-state index is 13.1. The molecule has 22 heavy (non-hydrogen) atoms. The number of nitrogens with one attached hydrogen (secondary N) is 1. The van der Waals surface area contributed by atoms with Crippen molar-refractivity contribution in [1.29, 1.82) is 0 Å². The van der Waals surface area contributed by atoms with Gasteiger partial charge in [-0.3, -0.25) is 4.79 Å². The molecule has 1 amide bonds. The summed E-state index contributed by atoms with van der Waals surface area (Å²) >= 11 is 0. The predicted molar refractivity (Wildman–Crippen MR) is 89.6 cm³/mol. The standard InChI is InChI=1S/C19H28N2O/c1-15-14-17(11-12-20-15)19(22)21-13-7-3-6-10-18(21)16-8-4-2-5-9-16/h2,4-5,8-9,15,17-18,20H,3,6-7,10-14H2,1H3/t15-,17-,18?/m0/s1. The Morgan fingerprint density at radius 3 is 2.73 bits per heavy atom. The van der Waals surface area contributed by atoms with Crippen molar-refractivity contribution in [2.24, 2.45) is 5.92 Å². The van der Waals surface area contributed by atoms with Crippen molar-refractivity contribution >= 4 is 5.91 Å². The maximum Gasteiger partial charge on any atom is 0.226 e. The van der Waals surface area contributed by atoms with Crippen molar-refractivity contribution in [2.75, 3.05) is 13.1 Å². The largest absolute Gasteiger partial charge is 0.335 e. The van der Waals surface area contributed by atoms with Crippen LogP contribution in [0.25, 0.3) is 0 Å². The summed E-state index contributed by atoms with van der Waals surface area (Å²) in [4.78, 5) is 15.3. The number of hydrogen-bond donors (Lipinski definition) is 1. The van der Waals surface area contributed by atoms with E-state index >= 15 is 0 Å². The van der Waals surface area contributed by atoms with Gasteiger partial charge in [0.05, 0.1) is 6.04 Å². The van der Waals surface area contributed by atoms with Crippen molar-refractivity contribution in [3.05, 3.63) is 35.9 Å². The Morgan fingerprint density at radius 1 is 1.14 bits per heavy atom. The summed E-state index contributed by atoms with van der Waals surface area (Å²) in [5.41, 5.74) is 1.31. The molecule has 1 aromatic carbocycles. The fraction of sp³-hybridized carbons (Fsp3) is 0.632. The first kappa shape index (κ1) is 15.5. The molecule has 0 aromatic heterocycles. The van der Waals surface area contributed by atoms with Crippen LogP contribution in [0.1, 0.15) is 57.1 Å². The minimum Gasteiger partial charge on any atom is -0.335 e. The van der Waals surface area contributed by atoms with Gasteiger partial charge in [0.15, 0.2) is 0 Å². The van der Waals surface area contributed by atoms with Crippen molar-refractivity contribution in [3.63, 3.8) is 0 Å². The summed E-state index contributed by atoms with van der Waals surface area (Å²) in [6, 6.07) is 11.3. The van der Waals surface area contributed by atoms with Crippen LogP contribution in [0, 0.1) is 5.92 Å². The van der Waals surface area contributed by atoms with E-state index in [1.807, 2.05) is 0 Å². The van der Waals surface area contributed by atoms with Crippen LogP contribution in [-0.4, -0.2) is 29.9 Å². The molecule has 2 heterocycles. The summed E-state index contributed by atoms with van der Waals surface area (Å²) in [6.07, 6.45) is 6.70. The number of carbonyl (C=O) groups excluding carboxylic acids is 1. The van der Waals surface area contributed by atoms with E-state index < -0.39 is 0 Å². The number of rotatable bonds is 2. The highest BCUT2D eigenvalue weighted by Gasteiger charge is 2.33. The summed E-state index contributed by atoms with van der Waals surface area (Å²) in [5, 5.41) is 3.45. The SMILES string of the molecule is C[C@H]1C[C@@H](C(=O)N2CCCCCC2c2ccccc2)CCN1. The van der Waals surface area contributed by atoms with E-state index in [2.05, 4.69) is 47.5 Å². The topological polar surface area (TPSA) is 32.3 Å². The molecule has 3 nitrogen and oxygen atoms in total. The van der Waals surface area contributed by atoms with Gasteiger partial charge in [0, 0.05) is 18.5 Å². The minimum atomic E-state index is 0.209. The third-order valence-corrected chi connectivity index (χ3v) is 5.19. The number of likely N-dealkylation sites (tertiary alicyclic amines) is 1. The lowest BCUT2D eigenvalue weighted by molar-refractivity contribution is -0.139. The third-order valence-electron chi connectivity index (χ3n) is 5.19. The van der Waals surface area contributed by atoms with Gasteiger partial charge in [-0.05, 0) is 44.7 Å². The molecule has 1 N–H and O–H groups in total. The van der Waals surface area contributed by atoms with Crippen molar-refractivity contribution in [1.82, 2.24) is 10.2 Å². The van der Waals surface area contributed by atoms with E-state index in [0.29, 0.717) is 11.9 Å². The minimum absolute atomic E-state index is 0.209. The molecule has 120 valence electrons. The lowest BCUT2D eigenvalue weighted by Gasteiger charge is -2.36. The second-order valence-corrected chi connectivity index (χ2v) is 6.88. The molecule has 1 unspecified atom stereocenters. The van der Waals surface area contributed by atoms with Crippen LogP contribution in [0.4, 0.5) is 0 Å². The Hall–Kier alpha value is -1.35. The molecule has 0 radical (unpaired) electrons. The van der Waals surface area contributed by atoms with Crippen LogP contribution in [-0.2, 0) is 4.79 Å². The van der Waals surface area contributed by atoms with E-state index in [9.17, 15) is 4.79 Å². The highest BCUT2D eigenvalue weighted by atomic mass is 16.2. The molecular formula is C19H28N2O. The molecule has 0 saturated carbocycles. The molecule has 3 heteroatoms. The normalized spacial score (nSPS) is 29.9. The molecule has 2 aliphatic heterocycles. The van der Waals surface area contributed by atoms with Gasteiger partial charge in [-0.1, -0.05) is 43.2 Å². The average molecular weight is 300 g/mol. The molecular weight excluding hydrogens is 272 g/mol. The number of piperidine rings is 1. The average Bonchev–Trinajstić information content (AvgIpc) is 2.81. The van der Waals surface area contributed by atoms with E-state index in [4.69, 9.17) is 0 Å². The van der Waals surface area contributed by atoms with Gasteiger partial charge >= 0.3 is 0 Å². The van der Waals surface area contributed by atoms with E-state index in [1.54, 1.807) is 0 Å². The number of hydrogen-bond acceptors (Lipinski definition) is 2. The first-order valence-electron chi connectivity index (χ1n) is 8.84. The molecule has 0 bridgehead atoms. The van der Waals surface area contributed by atoms with Crippen LogP contribution >= 0.6 is 0 Å². The predicted octanol–water partition coefficient (Wildman–Crippen LogP) is 3.52. The number of amides is 1. The van der Waals surface area contributed by atoms with Crippen molar-refractivity contribution in [2.45, 2.75) is 57.5 Å². The molecule has 2 saturated heterocycles. The summed E-state index contributed by atoms with van der Waals surface area (Å²) in [5.74, 6) is 0.602. The Morgan fingerprint density at radius 2 is 1.95 bits per heavy atom. The van der Waals surface area contributed by atoms with Gasteiger partial charge in [-0.15, -0.1) is 0 Å². The van der Waals surface area contributed by atoms with Gasteiger partial charge < -0.3 is 10.2 Å². The monoisotopic (exact) mass is 300 g/mol. The fourth-order valence-electron chi connectivity index (χ4n) is 3.98. The van der Waals surface area contributed by atoms with E-state index in [0.717, 1.165) is 38.8 Å². The molecule has 2 fully saturated rings. The van der Waals surface area contributed by atoms with Crippen LogP contribution in [0.15, 0.2) is 30.3 Å². The van der Waals surface area contributed by atoms with Crippen LogP contribution < -0.4 is 5.32 Å². The summed E-state index contributed by atoms with van der Waals surface area (Å²) in [6.45, 7) is 4.09. The lowest BCUT2D eigenvalue weighted by Crippen LogP contribution is -2.45. The zero-order valence-corrected chi connectivity index (χ0v) is 13.6. The molecule has 2 aliphatic rings. The van der Waals surface area contributed by atoms with Crippen molar-refractivity contribution in [3.8, 4) is 0 Å². The first-order chi connectivity index (χ1) is 10.8.